The van der Waals surface area contributed by atoms with Gasteiger partial charge in [0.1, 0.15) is 0 Å². The predicted molar refractivity (Wildman–Crippen MR) is 85.7 cm³/mol. The lowest BCUT2D eigenvalue weighted by Crippen LogP contribution is -2.38. The molecule has 0 spiro atoms. The predicted octanol–water partition coefficient (Wildman–Crippen LogP) is 3.41. The molecule has 110 valence electrons. The SMILES string of the molecule is CSC(C)(C)CNC(=O)Nc1cc(C(=O)O)ccc1Br. The second-order valence-electron chi connectivity index (χ2n) is 4.77. The molecular weight excluding hydrogens is 344 g/mol. The number of anilines is 1. The van der Waals surface area contributed by atoms with Gasteiger partial charge in [0.2, 0.25) is 0 Å². The lowest BCUT2D eigenvalue weighted by Gasteiger charge is -2.22. The minimum Gasteiger partial charge on any atom is -0.478 e. The molecule has 0 aliphatic carbocycles. The maximum Gasteiger partial charge on any atom is 0.335 e. The fourth-order valence-corrected chi connectivity index (χ4v) is 1.85. The molecule has 0 atom stereocenters. The smallest absolute Gasteiger partial charge is 0.335 e. The first-order chi connectivity index (χ1) is 9.25. The third-order valence-electron chi connectivity index (χ3n) is 2.69. The number of amides is 2. The Kier molecular flexibility index (Phi) is 5.88. The first-order valence-electron chi connectivity index (χ1n) is 5.88. The van der Waals surface area contributed by atoms with E-state index in [4.69, 9.17) is 5.11 Å². The molecule has 0 aliphatic rings. The van der Waals surface area contributed by atoms with Crippen LogP contribution in [-0.4, -0.2) is 34.7 Å². The molecule has 0 unspecified atom stereocenters. The molecule has 0 bridgehead atoms. The van der Waals surface area contributed by atoms with E-state index in [1.54, 1.807) is 17.8 Å². The summed E-state index contributed by atoms with van der Waals surface area (Å²) >= 11 is 4.93. The van der Waals surface area contributed by atoms with Gasteiger partial charge in [-0.05, 0) is 54.2 Å². The molecule has 0 heterocycles. The second-order valence-corrected chi connectivity index (χ2v) is 7.14. The van der Waals surface area contributed by atoms with Gasteiger partial charge >= 0.3 is 12.0 Å². The molecule has 0 aliphatic heterocycles. The number of thioether (sulfide) groups is 1. The van der Waals surface area contributed by atoms with Crippen LogP contribution in [0.5, 0.6) is 0 Å². The normalized spacial score (nSPS) is 11.0. The van der Waals surface area contributed by atoms with Crippen molar-refractivity contribution in [2.45, 2.75) is 18.6 Å². The highest BCUT2D eigenvalue weighted by Gasteiger charge is 2.17. The number of halogens is 1. The van der Waals surface area contributed by atoms with Gasteiger partial charge in [-0.1, -0.05) is 0 Å². The van der Waals surface area contributed by atoms with Crippen molar-refractivity contribution in [2.75, 3.05) is 18.1 Å². The number of nitrogens with one attached hydrogen (secondary N) is 2. The summed E-state index contributed by atoms with van der Waals surface area (Å²) in [5.74, 6) is -1.04. The van der Waals surface area contributed by atoms with E-state index in [0.717, 1.165) is 0 Å². The van der Waals surface area contributed by atoms with Crippen LogP contribution in [0, 0.1) is 0 Å². The van der Waals surface area contributed by atoms with Crippen LogP contribution in [0.2, 0.25) is 0 Å². The topological polar surface area (TPSA) is 78.4 Å². The molecule has 0 saturated carbocycles. The summed E-state index contributed by atoms with van der Waals surface area (Å²) in [6, 6.07) is 4.10. The molecule has 1 aromatic carbocycles. The summed E-state index contributed by atoms with van der Waals surface area (Å²) in [5, 5.41) is 14.3. The minimum absolute atomic E-state index is 0.0581. The van der Waals surface area contributed by atoms with Gasteiger partial charge in [-0.2, -0.15) is 11.8 Å². The highest BCUT2D eigenvalue weighted by Crippen LogP contribution is 2.24. The summed E-state index contributed by atoms with van der Waals surface area (Å²) in [5.41, 5.74) is 0.539. The van der Waals surface area contributed by atoms with Crippen LogP contribution in [0.4, 0.5) is 10.5 Å². The molecule has 0 radical (unpaired) electrons. The molecule has 1 aromatic rings. The van der Waals surface area contributed by atoms with E-state index in [0.29, 0.717) is 16.7 Å². The molecule has 20 heavy (non-hydrogen) atoms. The van der Waals surface area contributed by atoms with Crippen LogP contribution in [0.25, 0.3) is 0 Å². The molecule has 0 aromatic heterocycles. The number of rotatable bonds is 5. The number of carboxylic acids is 1. The van der Waals surface area contributed by atoms with Crippen LogP contribution in [-0.2, 0) is 0 Å². The van der Waals surface area contributed by atoms with Crippen molar-refractivity contribution in [1.29, 1.82) is 0 Å². The Labute approximate surface area is 130 Å². The maximum absolute atomic E-state index is 11.8. The lowest BCUT2D eigenvalue weighted by atomic mass is 10.2. The Morgan fingerprint density at radius 1 is 1.40 bits per heavy atom. The number of hydrogen-bond acceptors (Lipinski definition) is 3. The van der Waals surface area contributed by atoms with Crippen LogP contribution in [0.15, 0.2) is 22.7 Å². The molecule has 5 nitrogen and oxygen atoms in total. The Bertz CT molecular complexity index is 520. The maximum atomic E-state index is 11.8. The largest absolute Gasteiger partial charge is 0.478 e. The van der Waals surface area contributed by atoms with Gasteiger partial charge in [0.05, 0.1) is 11.3 Å². The highest BCUT2D eigenvalue weighted by atomic mass is 79.9. The average molecular weight is 361 g/mol. The van der Waals surface area contributed by atoms with E-state index < -0.39 is 5.97 Å². The van der Waals surface area contributed by atoms with E-state index in [1.165, 1.54) is 12.1 Å². The monoisotopic (exact) mass is 360 g/mol. The zero-order valence-electron chi connectivity index (χ0n) is 11.5. The van der Waals surface area contributed by atoms with Crippen molar-refractivity contribution in [3.05, 3.63) is 28.2 Å². The summed E-state index contributed by atoms with van der Waals surface area (Å²) in [7, 11) is 0. The van der Waals surface area contributed by atoms with Crippen molar-refractivity contribution in [1.82, 2.24) is 5.32 Å². The molecule has 7 heteroatoms. The Hall–Kier alpha value is -1.21. The molecule has 0 saturated heterocycles. The fourth-order valence-electron chi connectivity index (χ4n) is 1.29. The number of carbonyl (C=O) groups is 2. The first kappa shape index (κ1) is 16.8. The number of benzene rings is 1. The van der Waals surface area contributed by atoms with Crippen LogP contribution < -0.4 is 10.6 Å². The van der Waals surface area contributed by atoms with Crippen molar-refractivity contribution in [3.8, 4) is 0 Å². The number of carbonyl (C=O) groups excluding carboxylic acids is 1. The summed E-state index contributed by atoms with van der Waals surface area (Å²) < 4.78 is 0.569. The molecule has 1 rings (SSSR count). The van der Waals surface area contributed by atoms with E-state index in [9.17, 15) is 9.59 Å². The van der Waals surface area contributed by atoms with Crippen molar-refractivity contribution in [3.63, 3.8) is 0 Å². The Balaban J connectivity index is 2.71. The number of urea groups is 1. The van der Waals surface area contributed by atoms with Gasteiger partial charge < -0.3 is 15.7 Å². The van der Waals surface area contributed by atoms with Gasteiger partial charge in [-0.25, -0.2) is 9.59 Å². The van der Waals surface area contributed by atoms with Gasteiger partial charge in [0.15, 0.2) is 0 Å². The summed E-state index contributed by atoms with van der Waals surface area (Å²) in [4.78, 5) is 22.7. The highest BCUT2D eigenvalue weighted by molar-refractivity contribution is 9.10. The van der Waals surface area contributed by atoms with Crippen LogP contribution >= 0.6 is 27.7 Å². The standard InChI is InChI=1S/C13H17BrN2O3S/c1-13(2,20-3)7-15-12(19)16-10-6-8(11(17)18)4-5-9(10)14/h4-6H,7H2,1-3H3,(H,17,18)(H2,15,16,19). The van der Waals surface area contributed by atoms with E-state index >= 15 is 0 Å². The second kappa shape index (κ2) is 6.99. The zero-order chi connectivity index (χ0) is 15.3. The van der Waals surface area contributed by atoms with E-state index in [1.807, 2.05) is 20.1 Å². The zero-order valence-corrected chi connectivity index (χ0v) is 13.9. The van der Waals surface area contributed by atoms with Crippen molar-refractivity contribution >= 4 is 45.4 Å². The lowest BCUT2D eigenvalue weighted by molar-refractivity contribution is 0.0697. The van der Waals surface area contributed by atoms with Gasteiger partial charge in [0.25, 0.3) is 0 Å². The Morgan fingerprint density at radius 2 is 2.05 bits per heavy atom. The first-order valence-corrected chi connectivity index (χ1v) is 7.90. The average Bonchev–Trinajstić information content (AvgIpc) is 2.39. The third-order valence-corrected chi connectivity index (χ3v) is 4.63. The number of carboxylic acid groups (broad SMARTS) is 1. The number of hydrogen-bond donors (Lipinski definition) is 3. The molecule has 0 fully saturated rings. The summed E-state index contributed by atoms with van der Waals surface area (Å²) in [6.45, 7) is 4.56. The quantitative estimate of drug-likeness (QED) is 0.751. The third kappa shape index (κ3) is 5.05. The molecular formula is C13H17BrN2O3S. The van der Waals surface area contributed by atoms with Crippen molar-refractivity contribution < 1.29 is 14.7 Å². The van der Waals surface area contributed by atoms with Gasteiger partial charge in [0, 0.05) is 15.8 Å². The van der Waals surface area contributed by atoms with Gasteiger partial charge in [-0.15, -0.1) is 0 Å². The summed E-state index contributed by atoms with van der Waals surface area (Å²) in [6.07, 6.45) is 1.98. The van der Waals surface area contributed by atoms with Crippen LogP contribution in [0.1, 0.15) is 24.2 Å². The van der Waals surface area contributed by atoms with Gasteiger partial charge in [-0.3, -0.25) is 0 Å². The molecule has 3 N–H and O–H groups in total. The Morgan fingerprint density at radius 3 is 2.60 bits per heavy atom. The van der Waals surface area contributed by atoms with E-state index in [2.05, 4.69) is 26.6 Å². The molecule has 2 amide bonds. The van der Waals surface area contributed by atoms with Crippen LogP contribution in [0.3, 0.4) is 0 Å². The van der Waals surface area contributed by atoms with E-state index in [-0.39, 0.29) is 16.3 Å². The number of aromatic carboxylic acids is 1. The fraction of sp³-hybridized carbons (Fsp3) is 0.385. The van der Waals surface area contributed by atoms with Crippen molar-refractivity contribution in [2.24, 2.45) is 0 Å². The minimum atomic E-state index is -1.04.